The summed E-state index contributed by atoms with van der Waals surface area (Å²) in [4.78, 5) is 11.3. The molecule has 94 valence electrons. The summed E-state index contributed by atoms with van der Waals surface area (Å²) in [5, 5.41) is 1.05. The van der Waals surface area contributed by atoms with Crippen LogP contribution in [0, 0.1) is 0 Å². The average molecular weight is 297 g/mol. The number of halogens is 3. The zero-order valence-corrected chi connectivity index (χ0v) is 11.4. The minimum absolute atomic E-state index is 0.0320. The summed E-state index contributed by atoms with van der Waals surface area (Å²) >= 11 is 17.7. The van der Waals surface area contributed by atoms with Crippen molar-refractivity contribution in [1.82, 2.24) is 0 Å². The molecule has 6 heteroatoms. The van der Waals surface area contributed by atoms with E-state index in [9.17, 15) is 4.79 Å². The normalized spacial score (nSPS) is 12.3. The maximum absolute atomic E-state index is 11.3. The minimum atomic E-state index is -0.585. The third-order valence-corrected chi connectivity index (χ3v) is 3.15. The molecule has 0 aromatic heterocycles. The second-order valence-corrected chi connectivity index (χ2v) is 4.63. The molecule has 2 N–H and O–H groups in total. The quantitative estimate of drug-likeness (QED) is 0.682. The molecule has 0 bridgehead atoms. The van der Waals surface area contributed by atoms with Gasteiger partial charge in [-0.1, -0.05) is 34.8 Å². The zero-order valence-electron chi connectivity index (χ0n) is 9.17. The van der Waals surface area contributed by atoms with Crippen molar-refractivity contribution in [3.63, 3.8) is 0 Å². The zero-order chi connectivity index (χ0) is 13.0. The van der Waals surface area contributed by atoms with Gasteiger partial charge in [-0.2, -0.15) is 0 Å². The van der Waals surface area contributed by atoms with Crippen molar-refractivity contribution in [2.45, 2.75) is 19.4 Å². The van der Waals surface area contributed by atoms with Crippen molar-refractivity contribution in [3.8, 4) is 0 Å². The molecular formula is C11H12Cl3NO2. The molecule has 1 atom stereocenters. The standard InChI is InChI=1S/C11H12Cl3NO2/c1-2-17-10(16)5-9(15)7-3-6(12)4-8(13)11(7)14/h3-4,9H,2,5,15H2,1H3/t9-/m1/s1. The molecule has 0 radical (unpaired) electrons. The van der Waals surface area contributed by atoms with Gasteiger partial charge < -0.3 is 10.5 Å². The van der Waals surface area contributed by atoms with Crippen molar-refractivity contribution in [1.29, 1.82) is 0 Å². The SMILES string of the molecule is CCOC(=O)C[C@@H](N)c1cc(Cl)cc(Cl)c1Cl. The van der Waals surface area contributed by atoms with Crippen molar-refractivity contribution in [3.05, 3.63) is 32.8 Å². The second-order valence-electron chi connectivity index (χ2n) is 3.41. The molecule has 0 aliphatic rings. The molecule has 0 aliphatic carbocycles. The Morgan fingerprint density at radius 2 is 2.06 bits per heavy atom. The van der Waals surface area contributed by atoms with Crippen molar-refractivity contribution in [2.75, 3.05) is 6.61 Å². The fourth-order valence-corrected chi connectivity index (χ4v) is 2.11. The molecule has 0 saturated carbocycles. The number of esters is 1. The van der Waals surface area contributed by atoms with E-state index in [4.69, 9.17) is 45.3 Å². The topological polar surface area (TPSA) is 52.3 Å². The lowest BCUT2D eigenvalue weighted by atomic mass is 10.0. The number of nitrogens with two attached hydrogens (primary N) is 1. The monoisotopic (exact) mass is 295 g/mol. The average Bonchev–Trinajstić information content (AvgIpc) is 2.23. The lowest BCUT2D eigenvalue weighted by Gasteiger charge is -2.14. The maximum atomic E-state index is 11.3. The predicted molar refractivity (Wildman–Crippen MR) is 69.7 cm³/mol. The summed E-state index contributed by atoms with van der Waals surface area (Å²) in [5.41, 5.74) is 6.40. The van der Waals surface area contributed by atoms with Gasteiger partial charge in [-0.3, -0.25) is 4.79 Å². The van der Waals surface area contributed by atoms with Gasteiger partial charge in [0.25, 0.3) is 0 Å². The number of rotatable bonds is 4. The smallest absolute Gasteiger partial charge is 0.307 e. The molecule has 1 aromatic carbocycles. The molecule has 0 spiro atoms. The molecule has 3 nitrogen and oxygen atoms in total. The van der Waals surface area contributed by atoms with Crippen LogP contribution in [0.25, 0.3) is 0 Å². The highest BCUT2D eigenvalue weighted by Gasteiger charge is 2.17. The first-order valence-electron chi connectivity index (χ1n) is 5.01. The van der Waals surface area contributed by atoms with Crippen molar-refractivity contribution in [2.24, 2.45) is 5.73 Å². The van der Waals surface area contributed by atoms with Gasteiger partial charge in [-0.05, 0) is 24.6 Å². The van der Waals surface area contributed by atoms with Crippen LogP contribution in [0.5, 0.6) is 0 Å². The first-order chi connectivity index (χ1) is 7.95. The Hall–Kier alpha value is -0.480. The van der Waals surface area contributed by atoms with E-state index in [1.807, 2.05) is 0 Å². The molecule has 0 heterocycles. The third-order valence-electron chi connectivity index (χ3n) is 2.11. The lowest BCUT2D eigenvalue weighted by molar-refractivity contribution is -0.143. The van der Waals surface area contributed by atoms with Crippen LogP contribution >= 0.6 is 34.8 Å². The van der Waals surface area contributed by atoms with E-state index < -0.39 is 6.04 Å². The van der Waals surface area contributed by atoms with Crippen molar-refractivity contribution >= 4 is 40.8 Å². The van der Waals surface area contributed by atoms with Crippen LogP contribution in [-0.4, -0.2) is 12.6 Å². The molecule has 0 saturated heterocycles. The van der Waals surface area contributed by atoms with E-state index >= 15 is 0 Å². The van der Waals surface area contributed by atoms with E-state index in [1.54, 1.807) is 13.0 Å². The van der Waals surface area contributed by atoms with Crippen LogP contribution in [0.1, 0.15) is 24.9 Å². The van der Waals surface area contributed by atoms with Crippen LogP contribution in [-0.2, 0) is 9.53 Å². The fourth-order valence-electron chi connectivity index (χ4n) is 1.36. The molecule has 1 rings (SSSR count). The first kappa shape index (κ1) is 14.6. The molecule has 0 fully saturated rings. The van der Waals surface area contributed by atoms with Gasteiger partial charge >= 0.3 is 5.97 Å². The molecule has 1 aromatic rings. The third kappa shape index (κ3) is 4.03. The molecule has 0 unspecified atom stereocenters. The van der Waals surface area contributed by atoms with Gasteiger partial charge in [-0.15, -0.1) is 0 Å². The second kappa shape index (κ2) is 6.45. The summed E-state index contributed by atoms with van der Waals surface area (Å²) in [5.74, 6) is -0.382. The van der Waals surface area contributed by atoms with E-state index in [-0.39, 0.29) is 12.4 Å². The number of hydrogen-bond donors (Lipinski definition) is 1. The van der Waals surface area contributed by atoms with Gasteiger partial charge in [0.2, 0.25) is 0 Å². The Morgan fingerprint density at radius 3 is 2.65 bits per heavy atom. The number of ether oxygens (including phenoxy) is 1. The summed E-state index contributed by atoms with van der Waals surface area (Å²) in [7, 11) is 0. The van der Waals surface area contributed by atoms with E-state index in [0.29, 0.717) is 27.2 Å². The van der Waals surface area contributed by atoms with Gasteiger partial charge in [-0.25, -0.2) is 0 Å². The van der Waals surface area contributed by atoms with Crippen LogP contribution in [0.2, 0.25) is 15.1 Å². The van der Waals surface area contributed by atoms with Gasteiger partial charge in [0.1, 0.15) is 0 Å². The Kier molecular flexibility index (Phi) is 5.53. The highest BCUT2D eigenvalue weighted by molar-refractivity contribution is 6.43. The van der Waals surface area contributed by atoms with Gasteiger partial charge in [0.15, 0.2) is 0 Å². The Bertz CT molecular complexity index is 423. The highest BCUT2D eigenvalue weighted by atomic mass is 35.5. The Morgan fingerprint density at radius 1 is 1.41 bits per heavy atom. The highest BCUT2D eigenvalue weighted by Crippen LogP contribution is 2.33. The van der Waals surface area contributed by atoms with Gasteiger partial charge in [0, 0.05) is 11.1 Å². The van der Waals surface area contributed by atoms with Crippen LogP contribution in [0.3, 0.4) is 0 Å². The van der Waals surface area contributed by atoms with E-state index in [0.717, 1.165) is 0 Å². The van der Waals surface area contributed by atoms with Crippen LogP contribution in [0.15, 0.2) is 12.1 Å². The van der Waals surface area contributed by atoms with Crippen LogP contribution < -0.4 is 5.73 Å². The number of hydrogen-bond acceptors (Lipinski definition) is 3. The molecule has 0 aliphatic heterocycles. The maximum Gasteiger partial charge on any atom is 0.307 e. The summed E-state index contributed by atoms with van der Waals surface area (Å²) in [6.45, 7) is 2.04. The Labute approximate surface area is 115 Å². The minimum Gasteiger partial charge on any atom is -0.466 e. The lowest BCUT2D eigenvalue weighted by Crippen LogP contribution is -2.17. The van der Waals surface area contributed by atoms with E-state index in [1.165, 1.54) is 6.07 Å². The van der Waals surface area contributed by atoms with Gasteiger partial charge in [0.05, 0.1) is 23.1 Å². The molecular weight excluding hydrogens is 284 g/mol. The summed E-state index contributed by atoms with van der Waals surface area (Å²) < 4.78 is 4.81. The summed E-state index contributed by atoms with van der Waals surface area (Å²) in [6.07, 6.45) is 0.0320. The number of carbonyl (C=O) groups is 1. The summed E-state index contributed by atoms with van der Waals surface area (Å²) in [6, 6.07) is 2.53. The number of carbonyl (C=O) groups excluding carboxylic acids is 1. The molecule has 17 heavy (non-hydrogen) atoms. The largest absolute Gasteiger partial charge is 0.466 e. The Balaban J connectivity index is 2.88. The molecule has 0 amide bonds. The first-order valence-corrected chi connectivity index (χ1v) is 6.14. The number of benzene rings is 1. The predicted octanol–water partition coefficient (Wildman–Crippen LogP) is 3.60. The van der Waals surface area contributed by atoms with Crippen LogP contribution in [0.4, 0.5) is 0 Å². The fraction of sp³-hybridized carbons (Fsp3) is 0.364. The van der Waals surface area contributed by atoms with Crippen molar-refractivity contribution < 1.29 is 9.53 Å². The van der Waals surface area contributed by atoms with E-state index in [2.05, 4.69) is 0 Å².